The molecule has 1 saturated heterocycles. The van der Waals surface area contributed by atoms with Gasteiger partial charge >= 0.3 is 0 Å². The summed E-state index contributed by atoms with van der Waals surface area (Å²) >= 11 is 1.27. The molecule has 1 aliphatic heterocycles. The van der Waals surface area contributed by atoms with E-state index in [1.54, 1.807) is 31.2 Å². The normalized spacial score (nSPS) is 15.4. The van der Waals surface area contributed by atoms with Gasteiger partial charge in [0, 0.05) is 25.7 Å². The van der Waals surface area contributed by atoms with Gasteiger partial charge in [-0.1, -0.05) is 16.9 Å². The van der Waals surface area contributed by atoms with E-state index in [1.807, 2.05) is 11.5 Å². The molecule has 1 N–H and O–H groups in total. The molecule has 31 heavy (non-hydrogen) atoms. The number of nitrogens with zero attached hydrogens (tertiary/aromatic N) is 4. The number of hydrogen-bond acceptors (Lipinski definition) is 8. The molecule has 0 saturated carbocycles. The van der Waals surface area contributed by atoms with Crippen molar-refractivity contribution < 1.29 is 22.5 Å². The number of aryl methyl sites for hydroxylation is 2. The summed E-state index contributed by atoms with van der Waals surface area (Å²) in [6.07, 6.45) is 0. The smallest absolute Gasteiger partial charge is 0.243 e. The molecule has 166 valence electrons. The Labute approximate surface area is 184 Å². The average Bonchev–Trinajstić information content (AvgIpc) is 3.34. The van der Waals surface area contributed by atoms with E-state index in [1.165, 1.54) is 16.1 Å². The molecule has 0 unspecified atom stereocenters. The molecule has 12 heteroatoms. The van der Waals surface area contributed by atoms with E-state index in [0.717, 1.165) is 5.52 Å². The first-order chi connectivity index (χ1) is 14.9. The molecule has 2 aromatic heterocycles. The van der Waals surface area contributed by atoms with Crippen LogP contribution < -0.4 is 5.32 Å². The number of anilines is 1. The maximum atomic E-state index is 12.9. The van der Waals surface area contributed by atoms with Gasteiger partial charge in [0.05, 0.1) is 40.6 Å². The summed E-state index contributed by atoms with van der Waals surface area (Å²) in [6.45, 7) is 5.84. The summed E-state index contributed by atoms with van der Waals surface area (Å²) in [5.41, 5.74) is 2.07. The van der Waals surface area contributed by atoms with E-state index in [4.69, 9.17) is 9.26 Å². The lowest BCUT2D eigenvalue weighted by Gasteiger charge is -2.26. The van der Waals surface area contributed by atoms with E-state index in [2.05, 4.69) is 15.5 Å². The van der Waals surface area contributed by atoms with Crippen molar-refractivity contribution in [1.29, 1.82) is 0 Å². The molecule has 0 radical (unpaired) electrons. The number of benzene rings is 1. The van der Waals surface area contributed by atoms with E-state index < -0.39 is 10.0 Å². The minimum Gasteiger partial charge on any atom is -0.379 e. The summed E-state index contributed by atoms with van der Waals surface area (Å²) in [6, 6.07) is 6.60. The Bertz CT molecular complexity index is 1200. The first kappa shape index (κ1) is 21.8. The molecule has 0 aliphatic carbocycles. The van der Waals surface area contributed by atoms with Gasteiger partial charge in [0.2, 0.25) is 21.8 Å². The number of carbonyl (C=O) groups excluding carboxylic acids is 1. The number of rotatable bonds is 7. The molecular formula is C19H23N5O5S2. The Morgan fingerprint density at radius 1 is 1.26 bits per heavy atom. The lowest BCUT2D eigenvalue weighted by Crippen LogP contribution is -2.40. The predicted octanol–water partition coefficient (Wildman–Crippen LogP) is 2.10. The van der Waals surface area contributed by atoms with E-state index in [-0.39, 0.29) is 16.6 Å². The number of aromatic nitrogens is 3. The zero-order chi connectivity index (χ0) is 22.0. The molecule has 3 heterocycles. The van der Waals surface area contributed by atoms with Gasteiger partial charge in [-0.2, -0.15) is 4.31 Å². The van der Waals surface area contributed by atoms with Crippen molar-refractivity contribution in [3.63, 3.8) is 0 Å². The third-order valence-corrected chi connectivity index (χ3v) is 7.70. The summed E-state index contributed by atoms with van der Waals surface area (Å²) in [5.74, 6) is 0.179. The largest absolute Gasteiger partial charge is 0.379 e. The number of ether oxygens (including phenoxy) is 1. The highest BCUT2D eigenvalue weighted by molar-refractivity contribution is 7.99. The number of sulfonamides is 1. The number of hydrogen-bond donors (Lipinski definition) is 1. The highest BCUT2D eigenvalue weighted by Gasteiger charge is 2.27. The van der Waals surface area contributed by atoms with Crippen molar-refractivity contribution in [3.8, 4) is 0 Å². The monoisotopic (exact) mass is 465 g/mol. The van der Waals surface area contributed by atoms with Gasteiger partial charge in [-0.25, -0.2) is 13.4 Å². The van der Waals surface area contributed by atoms with Crippen LogP contribution in [0.5, 0.6) is 0 Å². The van der Waals surface area contributed by atoms with Gasteiger partial charge in [-0.15, -0.1) is 0 Å². The van der Waals surface area contributed by atoms with Crippen molar-refractivity contribution in [3.05, 3.63) is 30.0 Å². The van der Waals surface area contributed by atoms with Crippen molar-refractivity contribution in [2.45, 2.75) is 30.4 Å². The molecule has 1 aromatic carbocycles. The third-order valence-electron chi connectivity index (χ3n) is 4.83. The lowest BCUT2D eigenvalue weighted by molar-refractivity contribution is -0.113. The average molecular weight is 466 g/mol. The summed E-state index contributed by atoms with van der Waals surface area (Å²) in [5, 5.41) is 7.02. The second-order valence-corrected chi connectivity index (χ2v) is 9.86. The van der Waals surface area contributed by atoms with Gasteiger partial charge < -0.3 is 13.8 Å². The zero-order valence-corrected chi connectivity index (χ0v) is 18.8. The Morgan fingerprint density at radius 2 is 2.03 bits per heavy atom. The van der Waals surface area contributed by atoms with Gasteiger partial charge in [0.15, 0.2) is 5.16 Å². The highest BCUT2D eigenvalue weighted by Crippen LogP contribution is 2.27. The Balaban J connectivity index is 1.53. The zero-order valence-electron chi connectivity index (χ0n) is 17.2. The van der Waals surface area contributed by atoms with Crippen LogP contribution in [0.15, 0.2) is 38.8 Å². The van der Waals surface area contributed by atoms with Crippen LogP contribution in [0.1, 0.15) is 12.6 Å². The van der Waals surface area contributed by atoms with Gasteiger partial charge in [0.25, 0.3) is 0 Å². The number of imidazole rings is 1. The van der Waals surface area contributed by atoms with Crippen LogP contribution in [0.4, 0.5) is 5.88 Å². The predicted molar refractivity (Wildman–Crippen MR) is 116 cm³/mol. The number of thioether (sulfide) groups is 1. The van der Waals surface area contributed by atoms with Crippen LogP contribution in [-0.2, 0) is 26.1 Å². The maximum absolute atomic E-state index is 12.9. The molecule has 0 bridgehead atoms. The lowest BCUT2D eigenvalue weighted by atomic mass is 10.3. The molecule has 1 amide bonds. The van der Waals surface area contributed by atoms with Crippen LogP contribution in [0.2, 0.25) is 0 Å². The van der Waals surface area contributed by atoms with Crippen molar-refractivity contribution >= 4 is 44.6 Å². The first-order valence-corrected chi connectivity index (χ1v) is 12.2. The number of morpholine rings is 1. The van der Waals surface area contributed by atoms with Crippen molar-refractivity contribution in [2.75, 3.05) is 37.4 Å². The summed E-state index contributed by atoms with van der Waals surface area (Å²) < 4.78 is 39.5. The van der Waals surface area contributed by atoms with Gasteiger partial charge in [-0.05, 0) is 32.0 Å². The molecule has 4 rings (SSSR count). The SMILES string of the molecule is CCn1c(SCC(=O)Nc2cc(C)no2)nc2cc(S(=O)(=O)N3CCOCC3)ccc21. The fourth-order valence-electron chi connectivity index (χ4n) is 3.33. The quantitative estimate of drug-likeness (QED) is 0.527. The minimum absolute atomic E-state index is 0.127. The van der Waals surface area contributed by atoms with Crippen LogP contribution in [0.3, 0.4) is 0 Å². The topological polar surface area (TPSA) is 120 Å². The summed E-state index contributed by atoms with van der Waals surface area (Å²) in [7, 11) is -3.61. The molecule has 1 aliphatic rings. The molecule has 0 spiro atoms. The molecular weight excluding hydrogens is 442 g/mol. The Hall–Kier alpha value is -2.41. The number of amides is 1. The van der Waals surface area contributed by atoms with E-state index >= 15 is 0 Å². The van der Waals surface area contributed by atoms with Crippen LogP contribution in [-0.4, -0.2) is 65.4 Å². The van der Waals surface area contributed by atoms with Crippen molar-refractivity contribution in [1.82, 2.24) is 19.0 Å². The first-order valence-electron chi connectivity index (χ1n) is 9.82. The Morgan fingerprint density at radius 3 is 2.71 bits per heavy atom. The van der Waals surface area contributed by atoms with E-state index in [9.17, 15) is 13.2 Å². The fourth-order valence-corrected chi connectivity index (χ4v) is 5.63. The highest BCUT2D eigenvalue weighted by atomic mass is 32.2. The number of nitrogens with one attached hydrogen (secondary N) is 1. The van der Waals surface area contributed by atoms with Crippen LogP contribution >= 0.6 is 11.8 Å². The maximum Gasteiger partial charge on any atom is 0.243 e. The third kappa shape index (κ3) is 4.61. The number of carbonyl (C=O) groups is 1. The number of fused-ring (bicyclic) bond motifs is 1. The standard InChI is InChI=1S/C19H23N5O5S2/c1-3-24-16-5-4-14(31(26,27)23-6-8-28-9-7-23)11-15(16)20-19(24)30-12-17(25)21-18-10-13(2)22-29-18/h4-5,10-11H,3,6-9,12H2,1-2H3,(H,21,25). The molecule has 1 fully saturated rings. The Kier molecular flexibility index (Phi) is 6.32. The fraction of sp³-hybridized carbons (Fsp3) is 0.421. The van der Waals surface area contributed by atoms with E-state index in [0.29, 0.717) is 55.1 Å². The molecule has 10 nitrogen and oxygen atoms in total. The molecule has 0 atom stereocenters. The van der Waals surface area contributed by atoms with Gasteiger partial charge in [0.1, 0.15) is 0 Å². The second kappa shape index (κ2) is 8.99. The van der Waals surface area contributed by atoms with Crippen LogP contribution in [0.25, 0.3) is 11.0 Å². The van der Waals surface area contributed by atoms with Gasteiger partial charge in [-0.3, -0.25) is 10.1 Å². The minimum atomic E-state index is -3.61. The van der Waals surface area contributed by atoms with Crippen LogP contribution in [0, 0.1) is 6.92 Å². The molecule has 3 aromatic rings. The summed E-state index contributed by atoms with van der Waals surface area (Å²) in [4.78, 5) is 17.0. The second-order valence-electron chi connectivity index (χ2n) is 6.98. The van der Waals surface area contributed by atoms with Crippen molar-refractivity contribution in [2.24, 2.45) is 0 Å².